The summed E-state index contributed by atoms with van der Waals surface area (Å²) in [5, 5.41) is 0. The number of ether oxygens (including phenoxy) is 1. The minimum absolute atomic E-state index is 0.0188. The van der Waals surface area contributed by atoms with Gasteiger partial charge in [0.25, 0.3) is 0 Å². The lowest BCUT2D eigenvalue weighted by atomic mass is 9.98. The Balaban J connectivity index is 2.12. The number of aromatic nitrogens is 2. The van der Waals surface area contributed by atoms with Crippen molar-refractivity contribution in [1.29, 1.82) is 0 Å². The van der Waals surface area contributed by atoms with Crippen LogP contribution in [-0.4, -0.2) is 22.1 Å². The van der Waals surface area contributed by atoms with Crippen LogP contribution in [0.15, 0.2) is 6.20 Å². The number of esters is 1. The summed E-state index contributed by atoms with van der Waals surface area (Å²) in [5.74, 6) is 1.22. The Bertz CT molecular complexity index is 414. The van der Waals surface area contributed by atoms with E-state index in [1.807, 2.05) is 6.20 Å². The van der Waals surface area contributed by atoms with Gasteiger partial charge in [0, 0.05) is 12.7 Å². The third kappa shape index (κ3) is 2.66. The van der Waals surface area contributed by atoms with Crippen molar-refractivity contribution < 1.29 is 9.53 Å². The van der Waals surface area contributed by atoms with Crippen molar-refractivity contribution >= 4 is 5.97 Å². The lowest BCUT2D eigenvalue weighted by Gasteiger charge is -2.25. The standard InChI is InChI=1S/C12H19N3O2/c1-3-17-11(16)5-9-7-15-6-8(2)4-10(13)12(15)14-9/h7-8,10H,3-6,13H2,1-2H3. The zero-order valence-electron chi connectivity index (χ0n) is 10.3. The molecule has 94 valence electrons. The van der Waals surface area contributed by atoms with Crippen molar-refractivity contribution in [2.75, 3.05) is 6.61 Å². The van der Waals surface area contributed by atoms with Crippen LogP contribution in [0, 0.1) is 5.92 Å². The van der Waals surface area contributed by atoms with Crippen LogP contribution >= 0.6 is 0 Å². The maximum Gasteiger partial charge on any atom is 0.311 e. The van der Waals surface area contributed by atoms with E-state index in [0.29, 0.717) is 12.5 Å². The highest BCUT2D eigenvalue weighted by Gasteiger charge is 2.24. The summed E-state index contributed by atoms with van der Waals surface area (Å²) >= 11 is 0. The molecule has 2 unspecified atom stereocenters. The molecule has 2 N–H and O–H groups in total. The zero-order chi connectivity index (χ0) is 12.4. The van der Waals surface area contributed by atoms with Gasteiger partial charge in [0.2, 0.25) is 0 Å². The molecule has 17 heavy (non-hydrogen) atoms. The van der Waals surface area contributed by atoms with E-state index >= 15 is 0 Å². The van der Waals surface area contributed by atoms with E-state index in [2.05, 4.69) is 16.5 Å². The predicted octanol–water partition coefficient (Wildman–Crippen LogP) is 1.03. The lowest BCUT2D eigenvalue weighted by molar-refractivity contribution is -0.142. The van der Waals surface area contributed by atoms with Crippen LogP contribution in [0.25, 0.3) is 0 Å². The van der Waals surface area contributed by atoms with Crippen LogP contribution in [-0.2, 0) is 22.5 Å². The van der Waals surface area contributed by atoms with Crippen molar-refractivity contribution in [1.82, 2.24) is 9.55 Å². The monoisotopic (exact) mass is 237 g/mol. The highest BCUT2D eigenvalue weighted by atomic mass is 16.5. The fraction of sp³-hybridized carbons (Fsp3) is 0.667. The molecule has 0 saturated heterocycles. The van der Waals surface area contributed by atoms with Gasteiger partial charge in [-0.3, -0.25) is 4.79 Å². The molecule has 0 saturated carbocycles. The first-order valence-corrected chi connectivity index (χ1v) is 6.07. The fourth-order valence-corrected chi connectivity index (χ4v) is 2.32. The van der Waals surface area contributed by atoms with E-state index in [1.165, 1.54) is 0 Å². The lowest BCUT2D eigenvalue weighted by Crippen LogP contribution is -2.26. The molecule has 1 aliphatic rings. The summed E-state index contributed by atoms with van der Waals surface area (Å²) < 4.78 is 6.97. The van der Waals surface area contributed by atoms with Gasteiger partial charge in [-0.25, -0.2) is 4.98 Å². The summed E-state index contributed by atoms with van der Waals surface area (Å²) in [6, 6.07) is -0.0188. The molecule has 0 fully saturated rings. The van der Waals surface area contributed by atoms with E-state index in [9.17, 15) is 4.79 Å². The molecule has 0 bridgehead atoms. The Labute approximate surface area is 101 Å². The largest absolute Gasteiger partial charge is 0.466 e. The Hall–Kier alpha value is -1.36. The van der Waals surface area contributed by atoms with E-state index in [0.717, 1.165) is 24.5 Å². The van der Waals surface area contributed by atoms with Gasteiger partial charge >= 0.3 is 5.97 Å². The first kappa shape index (κ1) is 12.1. The van der Waals surface area contributed by atoms with Gasteiger partial charge in [0.05, 0.1) is 24.8 Å². The van der Waals surface area contributed by atoms with Crippen molar-refractivity contribution in [3.05, 3.63) is 17.7 Å². The van der Waals surface area contributed by atoms with E-state index in [1.54, 1.807) is 6.92 Å². The molecule has 2 rings (SSSR count). The number of imidazole rings is 1. The Morgan fingerprint density at radius 1 is 1.71 bits per heavy atom. The number of nitrogens with zero attached hydrogens (tertiary/aromatic N) is 2. The minimum atomic E-state index is -0.232. The summed E-state index contributed by atoms with van der Waals surface area (Å²) in [7, 11) is 0. The molecule has 0 amide bonds. The molecule has 2 atom stereocenters. The molecule has 0 aromatic carbocycles. The molecule has 0 aliphatic carbocycles. The van der Waals surface area contributed by atoms with Crippen LogP contribution in [0.4, 0.5) is 0 Å². The number of hydrogen-bond acceptors (Lipinski definition) is 4. The molecular weight excluding hydrogens is 218 g/mol. The van der Waals surface area contributed by atoms with Gasteiger partial charge in [-0.1, -0.05) is 6.92 Å². The Kier molecular flexibility index (Phi) is 3.47. The predicted molar refractivity (Wildman–Crippen MR) is 63.3 cm³/mol. The topological polar surface area (TPSA) is 70.1 Å². The molecule has 2 heterocycles. The zero-order valence-corrected chi connectivity index (χ0v) is 10.3. The van der Waals surface area contributed by atoms with Gasteiger partial charge in [0.15, 0.2) is 0 Å². The normalized spacial score (nSPS) is 23.2. The molecule has 5 nitrogen and oxygen atoms in total. The third-order valence-electron chi connectivity index (χ3n) is 2.98. The van der Waals surface area contributed by atoms with Crippen LogP contribution in [0.2, 0.25) is 0 Å². The average Bonchev–Trinajstić information content (AvgIpc) is 2.60. The van der Waals surface area contributed by atoms with Crippen LogP contribution in [0.3, 0.4) is 0 Å². The molecule has 1 aliphatic heterocycles. The van der Waals surface area contributed by atoms with Crippen LogP contribution in [0.1, 0.15) is 37.8 Å². The quantitative estimate of drug-likeness (QED) is 0.797. The third-order valence-corrected chi connectivity index (χ3v) is 2.98. The second-order valence-corrected chi connectivity index (χ2v) is 4.67. The van der Waals surface area contributed by atoms with Gasteiger partial charge in [-0.15, -0.1) is 0 Å². The van der Waals surface area contributed by atoms with Crippen molar-refractivity contribution in [2.24, 2.45) is 11.7 Å². The minimum Gasteiger partial charge on any atom is -0.466 e. The SMILES string of the molecule is CCOC(=O)Cc1cn2c(n1)C(N)CC(C)C2. The highest BCUT2D eigenvalue weighted by molar-refractivity contribution is 5.71. The first-order chi connectivity index (χ1) is 8.10. The number of carbonyl (C=O) groups is 1. The van der Waals surface area contributed by atoms with E-state index in [-0.39, 0.29) is 18.4 Å². The van der Waals surface area contributed by atoms with Gasteiger partial charge in [-0.05, 0) is 19.3 Å². The fourth-order valence-electron chi connectivity index (χ4n) is 2.32. The molecule has 1 aromatic rings. The highest BCUT2D eigenvalue weighted by Crippen LogP contribution is 2.26. The Morgan fingerprint density at radius 2 is 2.47 bits per heavy atom. The van der Waals surface area contributed by atoms with Crippen molar-refractivity contribution in [3.8, 4) is 0 Å². The molecule has 0 radical (unpaired) electrons. The van der Waals surface area contributed by atoms with Gasteiger partial charge < -0.3 is 15.0 Å². The van der Waals surface area contributed by atoms with Gasteiger partial charge in [0.1, 0.15) is 5.82 Å². The molecule has 1 aromatic heterocycles. The summed E-state index contributed by atoms with van der Waals surface area (Å²) in [6.45, 7) is 5.31. The van der Waals surface area contributed by atoms with Crippen molar-refractivity contribution in [2.45, 2.75) is 39.3 Å². The number of rotatable bonds is 3. The smallest absolute Gasteiger partial charge is 0.311 e. The van der Waals surface area contributed by atoms with Crippen molar-refractivity contribution in [3.63, 3.8) is 0 Å². The average molecular weight is 237 g/mol. The molecular formula is C12H19N3O2. The van der Waals surface area contributed by atoms with E-state index < -0.39 is 0 Å². The molecule has 5 heteroatoms. The summed E-state index contributed by atoms with van der Waals surface area (Å²) in [6.07, 6.45) is 3.10. The number of hydrogen-bond donors (Lipinski definition) is 1. The molecule has 0 spiro atoms. The van der Waals surface area contributed by atoms with Crippen LogP contribution < -0.4 is 5.73 Å². The van der Waals surface area contributed by atoms with Crippen LogP contribution in [0.5, 0.6) is 0 Å². The summed E-state index contributed by atoms with van der Waals surface area (Å²) in [4.78, 5) is 15.8. The second-order valence-electron chi connectivity index (χ2n) is 4.67. The number of fused-ring (bicyclic) bond motifs is 1. The first-order valence-electron chi connectivity index (χ1n) is 6.07. The van der Waals surface area contributed by atoms with Gasteiger partial charge in [-0.2, -0.15) is 0 Å². The van der Waals surface area contributed by atoms with E-state index in [4.69, 9.17) is 10.5 Å². The Morgan fingerprint density at radius 3 is 3.18 bits per heavy atom. The summed E-state index contributed by atoms with van der Waals surface area (Å²) in [5.41, 5.74) is 6.79. The maximum absolute atomic E-state index is 11.4. The number of carbonyl (C=O) groups excluding carboxylic acids is 1. The second kappa shape index (κ2) is 4.87. The maximum atomic E-state index is 11.4. The number of nitrogens with two attached hydrogens (primary N) is 1.